The largest absolute Gasteiger partial charge is 0.481 e. The summed E-state index contributed by atoms with van der Waals surface area (Å²) in [5.41, 5.74) is 0. The van der Waals surface area contributed by atoms with E-state index in [0.717, 1.165) is 30.9 Å². The van der Waals surface area contributed by atoms with Gasteiger partial charge in [0.25, 0.3) is 0 Å². The quantitative estimate of drug-likeness (QED) is 0.869. The molecule has 1 fully saturated rings. The minimum absolute atomic E-state index is 0.0534. The van der Waals surface area contributed by atoms with Crippen molar-refractivity contribution in [1.29, 1.82) is 0 Å². The van der Waals surface area contributed by atoms with E-state index < -0.39 is 5.97 Å². The zero-order valence-electron chi connectivity index (χ0n) is 12.5. The molecule has 2 aliphatic rings. The highest BCUT2D eigenvalue weighted by Crippen LogP contribution is 2.36. The molecule has 0 bridgehead atoms. The molecule has 5 heteroatoms. The van der Waals surface area contributed by atoms with Crippen LogP contribution in [0.5, 0.6) is 0 Å². The molecule has 3 rings (SSSR count). The van der Waals surface area contributed by atoms with Crippen LogP contribution < -0.4 is 0 Å². The molecule has 0 spiro atoms. The topological polar surface area (TPSA) is 68.0 Å². The molecule has 0 radical (unpaired) electrons. The van der Waals surface area contributed by atoms with Gasteiger partial charge in [-0.1, -0.05) is 31.4 Å². The number of allylic oxidation sites excluding steroid dienone is 2. The maximum atomic E-state index is 11.5. The van der Waals surface area contributed by atoms with Crippen LogP contribution in [0.4, 0.5) is 0 Å². The Morgan fingerprint density at radius 1 is 1.24 bits per heavy atom. The molecule has 2 aliphatic carbocycles. The summed E-state index contributed by atoms with van der Waals surface area (Å²) in [6.07, 6.45) is 11.5. The normalized spacial score (nSPS) is 26.9. The molecule has 1 aromatic heterocycles. The Morgan fingerprint density at radius 3 is 2.67 bits per heavy atom. The first-order chi connectivity index (χ1) is 10.2. The Bertz CT molecular complexity index is 544. The molecule has 0 aromatic carbocycles. The second-order valence-corrected chi connectivity index (χ2v) is 6.28. The zero-order chi connectivity index (χ0) is 14.8. The van der Waals surface area contributed by atoms with Crippen molar-refractivity contribution < 1.29 is 9.90 Å². The summed E-state index contributed by atoms with van der Waals surface area (Å²) in [6.45, 7) is 0. The van der Waals surface area contributed by atoms with E-state index in [1.165, 1.54) is 19.3 Å². The number of nitrogens with zero attached hydrogens (tertiary/aromatic N) is 3. The van der Waals surface area contributed by atoms with Crippen LogP contribution in [-0.4, -0.2) is 25.8 Å². The minimum Gasteiger partial charge on any atom is -0.481 e. The molecule has 21 heavy (non-hydrogen) atoms. The third-order valence-electron chi connectivity index (χ3n) is 4.86. The van der Waals surface area contributed by atoms with Crippen LogP contribution in [0.3, 0.4) is 0 Å². The first-order valence-corrected chi connectivity index (χ1v) is 7.95. The van der Waals surface area contributed by atoms with Gasteiger partial charge in [0, 0.05) is 18.9 Å². The van der Waals surface area contributed by atoms with E-state index in [1.54, 1.807) is 0 Å². The Hall–Kier alpha value is -1.65. The van der Waals surface area contributed by atoms with Gasteiger partial charge in [-0.15, -0.1) is 0 Å². The maximum Gasteiger partial charge on any atom is 0.307 e. The lowest BCUT2D eigenvalue weighted by molar-refractivity contribution is -0.142. The zero-order valence-corrected chi connectivity index (χ0v) is 12.5. The second-order valence-electron chi connectivity index (χ2n) is 6.28. The lowest BCUT2D eigenvalue weighted by atomic mass is 9.82. The molecular weight excluding hydrogens is 266 g/mol. The van der Waals surface area contributed by atoms with Crippen LogP contribution >= 0.6 is 0 Å². The second kappa shape index (κ2) is 6.00. The fraction of sp³-hybridized carbons (Fsp3) is 0.688. The predicted molar refractivity (Wildman–Crippen MR) is 79.1 cm³/mol. The van der Waals surface area contributed by atoms with Crippen LogP contribution in [0.25, 0.3) is 0 Å². The van der Waals surface area contributed by atoms with E-state index in [4.69, 9.17) is 4.98 Å². The number of hydrogen-bond donors (Lipinski definition) is 1. The Labute approximate surface area is 125 Å². The number of carboxylic acids is 1. The van der Waals surface area contributed by atoms with Gasteiger partial charge in [-0.25, -0.2) is 4.98 Å². The first-order valence-electron chi connectivity index (χ1n) is 7.95. The van der Waals surface area contributed by atoms with Crippen molar-refractivity contribution in [2.24, 2.45) is 13.0 Å². The average molecular weight is 289 g/mol. The maximum absolute atomic E-state index is 11.5. The van der Waals surface area contributed by atoms with E-state index in [-0.39, 0.29) is 11.8 Å². The van der Waals surface area contributed by atoms with Crippen LogP contribution in [0.15, 0.2) is 12.2 Å². The van der Waals surface area contributed by atoms with Gasteiger partial charge in [-0.3, -0.25) is 9.48 Å². The molecule has 0 unspecified atom stereocenters. The smallest absolute Gasteiger partial charge is 0.307 e. The monoisotopic (exact) mass is 289 g/mol. The molecule has 2 atom stereocenters. The molecule has 5 nitrogen and oxygen atoms in total. The molecule has 1 heterocycles. The fourth-order valence-electron chi connectivity index (χ4n) is 3.65. The van der Waals surface area contributed by atoms with E-state index >= 15 is 0 Å². The molecule has 0 saturated heterocycles. The van der Waals surface area contributed by atoms with Crippen molar-refractivity contribution in [2.45, 2.75) is 56.8 Å². The predicted octanol–water partition coefficient (Wildman–Crippen LogP) is 3.00. The van der Waals surface area contributed by atoms with Crippen LogP contribution in [-0.2, 0) is 11.8 Å². The first kappa shape index (κ1) is 14.3. The summed E-state index contributed by atoms with van der Waals surface area (Å²) < 4.78 is 1.81. The summed E-state index contributed by atoms with van der Waals surface area (Å²) in [5.74, 6) is 1.06. The number of hydrogen-bond acceptors (Lipinski definition) is 3. The Kier molecular flexibility index (Phi) is 4.08. The van der Waals surface area contributed by atoms with E-state index in [0.29, 0.717) is 12.3 Å². The number of carbonyl (C=O) groups is 1. The van der Waals surface area contributed by atoms with Gasteiger partial charge in [-0.05, 0) is 25.7 Å². The summed E-state index contributed by atoms with van der Waals surface area (Å²) in [5, 5.41) is 14.0. The lowest BCUT2D eigenvalue weighted by Gasteiger charge is -2.24. The van der Waals surface area contributed by atoms with Crippen LogP contribution in [0.2, 0.25) is 0 Å². The summed E-state index contributed by atoms with van der Waals surface area (Å²) in [4.78, 5) is 16.2. The Morgan fingerprint density at radius 2 is 1.95 bits per heavy atom. The number of aromatic nitrogens is 3. The van der Waals surface area contributed by atoms with E-state index in [2.05, 4.69) is 11.2 Å². The average Bonchev–Trinajstić information content (AvgIpc) is 2.90. The van der Waals surface area contributed by atoms with Crippen molar-refractivity contribution in [3.8, 4) is 0 Å². The van der Waals surface area contributed by atoms with Gasteiger partial charge < -0.3 is 5.11 Å². The van der Waals surface area contributed by atoms with Crippen molar-refractivity contribution in [3.63, 3.8) is 0 Å². The van der Waals surface area contributed by atoms with Gasteiger partial charge in [0.1, 0.15) is 5.82 Å². The fourth-order valence-corrected chi connectivity index (χ4v) is 3.65. The summed E-state index contributed by atoms with van der Waals surface area (Å²) in [6, 6.07) is 0. The summed E-state index contributed by atoms with van der Waals surface area (Å²) in [7, 11) is 1.89. The minimum atomic E-state index is -0.730. The third-order valence-corrected chi connectivity index (χ3v) is 4.86. The number of aryl methyl sites for hydroxylation is 1. The standard InChI is InChI=1S/C16H23N3O2/c1-19-15(12-9-5-6-10-13(12)16(20)21)17-14(18-19)11-7-3-2-4-8-11/h5-6,11-13H,2-4,7-10H2,1H3,(H,20,21)/t12-,13+/m1/s1. The van der Waals surface area contributed by atoms with Gasteiger partial charge in [0.2, 0.25) is 0 Å². The number of aliphatic carboxylic acids is 1. The molecule has 0 aliphatic heterocycles. The SMILES string of the molecule is Cn1nc(C2CCCCC2)nc1[C@@H]1CC=CC[C@@H]1C(=O)O. The highest BCUT2D eigenvalue weighted by atomic mass is 16.4. The van der Waals surface area contributed by atoms with Gasteiger partial charge in [0.05, 0.1) is 5.92 Å². The van der Waals surface area contributed by atoms with Crippen molar-refractivity contribution in [1.82, 2.24) is 14.8 Å². The number of carboxylic acid groups (broad SMARTS) is 1. The third kappa shape index (κ3) is 2.87. The van der Waals surface area contributed by atoms with Crippen molar-refractivity contribution >= 4 is 5.97 Å². The lowest BCUT2D eigenvalue weighted by Crippen LogP contribution is -2.25. The van der Waals surface area contributed by atoms with Crippen LogP contribution in [0, 0.1) is 5.92 Å². The van der Waals surface area contributed by atoms with Gasteiger partial charge >= 0.3 is 5.97 Å². The molecule has 1 aromatic rings. The highest BCUT2D eigenvalue weighted by molar-refractivity contribution is 5.71. The molecule has 114 valence electrons. The number of rotatable bonds is 3. The summed E-state index contributed by atoms with van der Waals surface area (Å²) >= 11 is 0. The van der Waals surface area contributed by atoms with E-state index in [9.17, 15) is 9.90 Å². The molecular formula is C16H23N3O2. The van der Waals surface area contributed by atoms with E-state index in [1.807, 2.05) is 17.8 Å². The van der Waals surface area contributed by atoms with Crippen LogP contribution in [0.1, 0.15) is 68.4 Å². The molecule has 1 N–H and O–H groups in total. The Balaban J connectivity index is 1.86. The highest BCUT2D eigenvalue weighted by Gasteiger charge is 2.34. The van der Waals surface area contributed by atoms with Gasteiger partial charge in [-0.2, -0.15) is 5.10 Å². The van der Waals surface area contributed by atoms with Gasteiger partial charge in [0.15, 0.2) is 5.82 Å². The van der Waals surface area contributed by atoms with Crippen molar-refractivity contribution in [2.75, 3.05) is 0 Å². The van der Waals surface area contributed by atoms with Crippen molar-refractivity contribution in [3.05, 3.63) is 23.8 Å². The molecule has 0 amide bonds. The molecule has 1 saturated carbocycles.